The van der Waals surface area contributed by atoms with Crippen LogP contribution in [0.3, 0.4) is 0 Å². The topological polar surface area (TPSA) is 69.2 Å². The number of aliphatic carboxylic acids is 1. The van der Waals surface area contributed by atoms with E-state index in [1.54, 1.807) is 30.3 Å². The molecule has 0 aliphatic heterocycles. The lowest BCUT2D eigenvalue weighted by molar-refractivity contribution is -0.299. The molecule has 0 aliphatic carbocycles. The summed E-state index contributed by atoms with van der Waals surface area (Å²) in [7, 11) is -2.89. The molecule has 34 heavy (non-hydrogen) atoms. The Kier molecular flexibility index (Phi) is 7.22. The summed E-state index contributed by atoms with van der Waals surface area (Å²) in [4.78, 5) is 25.3. The molecule has 0 radical (unpaired) electrons. The molecule has 0 fully saturated rings. The van der Waals surface area contributed by atoms with Crippen molar-refractivity contribution in [1.29, 1.82) is 0 Å². The third-order valence-corrected chi connectivity index (χ3v) is 10.4. The summed E-state index contributed by atoms with van der Waals surface area (Å²) in [6.45, 7) is 0. The van der Waals surface area contributed by atoms with Crippen LogP contribution >= 0.6 is 18.9 Å². The average Bonchev–Trinajstić information content (AvgIpc) is 2.90. The van der Waals surface area contributed by atoms with E-state index < -0.39 is 24.8 Å². The maximum absolute atomic E-state index is 12.9. The van der Waals surface area contributed by atoms with Crippen molar-refractivity contribution in [3.05, 3.63) is 137 Å². The molecule has 168 valence electrons. The van der Waals surface area contributed by atoms with Crippen LogP contribution in [-0.4, -0.2) is 11.9 Å². The Morgan fingerprint density at radius 2 is 0.971 bits per heavy atom. The first-order valence-corrected chi connectivity index (χ1v) is 12.8. The highest BCUT2D eigenvalue weighted by Crippen LogP contribution is 2.64. The minimum Gasteiger partial charge on any atom is -0.543 e. The number of carboxylic acid groups (broad SMARTS) is 1. The molecule has 0 atom stereocenters. The fraction of sp³-hybridized carbons (Fsp3) is 0. The van der Waals surface area contributed by atoms with Gasteiger partial charge in [0.2, 0.25) is 0 Å². The van der Waals surface area contributed by atoms with Gasteiger partial charge < -0.3 is 15.2 Å². The molecule has 0 saturated heterocycles. The van der Waals surface area contributed by atoms with Crippen molar-refractivity contribution in [1.82, 2.24) is 5.32 Å². The van der Waals surface area contributed by atoms with Gasteiger partial charge in [-0.25, -0.2) is 0 Å². The second-order valence-electron chi connectivity index (χ2n) is 7.45. The van der Waals surface area contributed by atoms with E-state index in [0.717, 1.165) is 15.9 Å². The lowest BCUT2D eigenvalue weighted by Crippen LogP contribution is -2.39. The maximum Gasteiger partial charge on any atom is 0.255 e. The molecule has 0 heterocycles. The first kappa shape index (κ1) is 23.4. The van der Waals surface area contributed by atoms with Crippen LogP contribution < -0.4 is 26.3 Å². The molecule has 1 N–H and O–H groups in total. The zero-order chi connectivity index (χ0) is 24.0. The van der Waals surface area contributed by atoms with Crippen molar-refractivity contribution < 1.29 is 14.7 Å². The fourth-order valence-corrected chi connectivity index (χ4v) is 8.79. The standard InChI is InChI=1S/C28H21ClNO3P/c29-26(25(28(32)33)30-27(31)21-13-5-1-6-14-21)34(22-15-7-2-8-16-22,23-17-9-3-10-18-23)24-19-11-4-12-20-24/h1-20H,(H-,30,31,32,33). The zero-order valence-corrected chi connectivity index (χ0v) is 19.7. The second-order valence-corrected chi connectivity index (χ2v) is 11.4. The summed E-state index contributed by atoms with van der Waals surface area (Å²) in [6.07, 6.45) is 0. The van der Waals surface area contributed by atoms with E-state index in [1.807, 2.05) is 91.0 Å². The Bertz CT molecular complexity index is 1210. The minimum absolute atomic E-state index is 0.0281. The molecule has 0 spiro atoms. The number of halogens is 1. The van der Waals surface area contributed by atoms with E-state index in [4.69, 9.17) is 11.6 Å². The van der Waals surface area contributed by atoms with Crippen molar-refractivity contribution >= 4 is 46.7 Å². The molecule has 4 rings (SSSR count). The number of nitrogens with one attached hydrogen (secondary N) is 1. The third kappa shape index (κ3) is 4.51. The second kappa shape index (κ2) is 10.5. The Labute approximate surface area is 203 Å². The van der Waals surface area contributed by atoms with Crippen molar-refractivity contribution in [2.75, 3.05) is 0 Å². The van der Waals surface area contributed by atoms with Crippen molar-refractivity contribution in [2.45, 2.75) is 0 Å². The number of carbonyl (C=O) groups is 2. The molecule has 4 aromatic rings. The normalized spacial score (nSPS) is 11.9. The summed E-state index contributed by atoms with van der Waals surface area (Å²) >= 11 is 7.09. The highest BCUT2D eigenvalue weighted by molar-refractivity contribution is 8.00. The van der Waals surface area contributed by atoms with Gasteiger partial charge in [0.15, 0.2) is 12.0 Å². The molecule has 4 nitrogen and oxygen atoms in total. The van der Waals surface area contributed by atoms with Gasteiger partial charge in [-0.2, -0.15) is 0 Å². The Balaban J connectivity index is 2.03. The highest BCUT2D eigenvalue weighted by atomic mass is 35.5. The lowest BCUT2D eigenvalue weighted by atomic mass is 10.2. The number of carboxylic acids is 1. The first-order valence-electron chi connectivity index (χ1n) is 10.6. The van der Waals surface area contributed by atoms with Gasteiger partial charge in [0, 0.05) is 5.56 Å². The maximum atomic E-state index is 12.9. The van der Waals surface area contributed by atoms with Crippen molar-refractivity contribution in [2.24, 2.45) is 0 Å². The van der Waals surface area contributed by atoms with Crippen LogP contribution in [0.1, 0.15) is 10.4 Å². The van der Waals surface area contributed by atoms with Crippen LogP contribution in [0.2, 0.25) is 0 Å². The summed E-state index contributed by atoms with van der Waals surface area (Å²) in [6, 6.07) is 37.0. The number of rotatable bonds is 7. The van der Waals surface area contributed by atoms with Crippen molar-refractivity contribution in [3.8, 4) is 0 Å². The van der Waals surface area contributed by atoms with Gasteiger partial charge in [0.05, 0.1) is 5.97 Å². The molecule has 6 heteroatoms. The number of amides is 1. The molecule has 1 amide bonds. The van der Waals surface area contributed by atoms with Gasteiger partial charge in [-0.1, -0.05) is 72.8 Å². The van der Waals surface area contributed by atoms with Crippen LogP contribution in [0.15, 0.2) is 132 Å². The summed E-state index contributed by atoms with van der Waals surface area (Å²) in [5.74, 6) is -2.13. The van der Waals surface area contributed by atoms with Crippen LogP contribution in [0.4, 0.5) is 0 Å². The van der Waals surface area contributed by atoms with E-state index in [0.29, 0.717) is 5.56 Å². The molecule has 0 aliphatic rings. The van der Waals surface area contributed by atoms with Gasteiger partial charge >= 0.3 is 0 Å². The number of hydrogen-bond donors (Lipinski definition) is 1. The van der Waals surface area contributed by atoms with Gasteiger partial charge in [-0.05, 0) is 60.1 Å². The van der Waals surface area contributed by atoms with E-state index in [9.17, 15) is 14.7 Å². The number of carbonyl (C=O) groups excluding carboxylic acids is 2. The molecule has 4 aromatic carbocycles. The summed E-state index contributed by atoms with van der Waals surface area (Å²) < 4.78 is 0.0281. The Hall–Kier alpha value is -3.72. The molecule has 0 saturated carbocycles. The Morgan fingerprint density at radius 3 is 1.32 bits per heavy atom. The fourth-order valence-electron chi connectivity index (χ4n) is 3.87. The SMILES string of the molecule is O=C([O-])C(NC(=O)c1ccccc1)=C(Cl)[P+](c1ccccc1)(c1ccccc1)c1ccccc1. The minimum atomic E-state index is -2.89. The highest BCUT2D eigenvalue weighted by Gasteiger charge is 2.51. The van der Waals surface area contributed by atoms with Gasteiger partial charge in [-0.15, -0.1) is 0 Å². The molecule has 0 unspecified atom stereocenters. The largest absolute Gasteiger partial charge is 0.543 e. The molecule has 0 aromatic heterocycles. The number of hydrogen-bond acceptors (Lipinski definition) is 3. The van der Waals surface area contributed by atoms with Crippen LogP contribution in [-0.2, 0) is 4.79 Å². The molecular weight excluding hydrogens is 465 g/mol. The van der Waals surface area contributed by atoms with Crippen LogP contribution in [0, 0.1) is 0 Å². The number of benzene rings is 4. The van der Waals surface area contributed by atoms with Gasteiger partial charge in [0.1, 0.15) is 21.6 Å². The molecular formula is C28H21ClNO3P. The monoisotopic (exact) mass is 485 g/mol. The average molecular weight is 486 g/mol. The van der Waals surface area contributed by atoms with E-state index in [-0.39, 0.29) is 4.77 Å². The predicted octanol–water partition coefficient (Wildman–Crippen LogP) is 3.57. The quantitative estimate of drug-likeness (QED) is 0.321. The lowest BCUT2D eigenvalue weighted by Gasteiger charge is -2.28. The van der Waals surface area contributed by atoms with Gasteiger partial charge in [-0.3, -0.25) is 4.79 Å². The van der Waals surface area contributed by atoms with Crippen LogP contribution in [0.25, 0.3) is 0 Å². The predicted molar refractivity (Wildman–Crippen MR) is 137 cm³/mol. The third-order valence-electron chi connectivity index (χ3n) is 5.41. The van der Waals surface area contributed by atoms with E-state index in [2.05, 4.69) is 5.32 Å². The Morgan fingerprint density at radius 1 is 0.618 bits per heavy atom. The van der Waals surface area contributed by atoms with E-state index >= 15 is 0 Å². The smallest absolute Gasteiger partial charge is 0.255 e. The van der Waals surface area contributed by atoms with Gasteiger partial charge in [0.25, 0.3) is 5.91 Å². The van der Waals surface area contributed by atoms with E-state index in [1.165, 1.54) is 0 Å². The molecule has 0 bridgehead atoms. The summed E-state index contributed by atoms with van der Waals surface area (Å²) in [5.41, 5.74) is -0.130. The zero-order valence-electron chi connectivity index (χ0n) is 18.1. The van der Waals surface area contributed by atoms with Crippen LogP contribution in [0.5, 0.6) is 0 Å². The van der Waals surface area contributed by atoms with Crippen molar-refractivity contribution in [3.63, 3.8) is 0 Å². The first-order chi connectivity index (χ1) is 16.5. The summed E-state index contributed by atoms with van der Waals surface area (Å²) in [5, 5.41) is 17.5.